The molecule has 1 aliphatic rings. The van der Waals surface area contributed by atoms with Gasteiger partial charge in [0.15, 0.2) is 17.4 Å². The van der Waals surface area contributed by atoms with Crippen LogP contribution >= 0.6 is 0 Å². The quantitative estimate of drug-likeness (QED) is 0.127. The maximum absolute atomic E-state index is 13.0. The number of imidazole rings is 1. The van der Waals surface area contributed by atoms with Crippen LogP contribution in [0, 0.1) is 0 Å². The lowest BCUT2D eigenvalue weighted by molar-refractivity contribution is -0.109. The van der Waals surface area contributed by atoms with Crippen molar-refractivity contribution in [3.8, 4) is 11.5 Å². The lowest BCUT2D eigenvalue weighted by Crippen LogP contribution is -2.39. The molecule has 3 aromatic carbocycles. The Hall–Kier alpha value is -5.04. The molecule has 1 saturated heterocycles. The van der Waals surface area contributed by atoms with Crippen LogP contribution in [0.1, 0.15) is 29.3 Å². The molecule has 0 aliphatic carbocycles. The van der Waals surface area contributed by atoms with E-state index >= 15 is 0 Å². The SMILES string of the molecule is COc1ccc(C(O[C@H]2C[C@@H](CO)O[C@H]2n2cnc3c(=O)[nH]c(N=CN(C)C)nc32)(c2ccccc2)c2ccc(OC)cc2)cc1. The van der Waals surface area contributed by atoms with Gasteiger partial charge < -0.3 is 29.0 Å². The predicted octanol–water partition coefficient (Wildman–Crippen LogP) is 4.02. The van der Waals surface area contributed by atoms with Crippen LogP contribution in [-0.2, 0) is 15.1 Å². The standard InChI is InChI=1S/C34H36N6O6/c1-39(2)20-36-33-37-30-29(31(42)38-33)35-21-40(30)32-28(18-27(19-41)45-32)46-34(22-8-6-5-7-9-22,23-10-14-25(43-3)15-11-23)24-12-16-26(44-4)17-13-24/h5-17,20-21,27-28,32,41H,18-19H2,1-4H3,(H,37,38,42)/t27-,28-,32+/m0/s1. The first-order valence-corrected chi connectivity index (χ1v) is 14.8. The molecule has 12 nitrogen and oxygen atoms in total. The summed E-state index contributed by atoms with van der Waals surface area (Å²) in [6.07, 6.45) is 1.45. The molecule has 3 heterocycles. The van der Waals surface area contributed by atoms with Crippen LogP contribution in [-0.4, -0.2) is 83.0 Å². The largest absolute Gasteiger partial charge is 0.497 e. The maximum atomic E-state index is 13.0. The summed E-state index contributed by atoms with van der Waals surface area (Å²) >= 11 is 0. The summed E-state index contributed by atoms with van der Waals surface area (Å²) in [5.74, 6) is 1.53. The zero-order valence-electron chi connectivity index (χ0n) is 26.0. The number of H-pyrrole nitrogens is 1. The van der Waals surface area contributed by atoms with E-state index in [0.717, 1.165) is 16.7 Å². The monoisotopic (exact) mass is 624 g/mol. The molecule has 5 aromatic rings. The predicted molar refractivity (Wildman–Crippen MR) is 173 cm³/mol. The molecule has 0 unspecified atom stereocenters. The molecule has 2 aromatic heterocycles. The number of nitrogens with one attached hydrogen (secondary N) is 1. The van der Waals surface area contributed by atoms with Crippen LogP contribution in [0.3, 0.4) is 0 Å². The lowest BCUT2D eigenvalue weighted by Gasteiger charge is -2.39. The summed E-state index contributed by atoms with van der Waals surface area (Å²) in [6, 6.07) is 25.4. The van der Waals surface area contributed by atoms with E-state index in [4.69, 9.17) is 18.9 Å². The van der Waals surface area contributed by atoms with Gasteiger partial charge in [-0.2, -0.15) is 4.98 Å². The van der Waals surface area contributed by atoms with E-state index < -0.39 is 29.6 Å². The van der Waals surface area contributed by atoms with E-state index in [1.165, 1.54) is 6.33 Å². The number of hydrogen-bond donors (Lipinski definition) is 2. The minimum atomic E-state index is -1.14. The van der Waals surface area contributed by atoms with Crippen LogP contribution < -0.4 is 15.0 Å². The molecule has 12 heteroatoms. The molecule has 1 aliphatic heterocycles. The minimum absolute atomic E-state index is 0.122. The Morgan fingerprint density at radius 1 is 1.00 bits per heavy atom. The third-order valence-electron chi connectivity index (χ3n) is 7.96. The van der Waals surface area contributed by atoms with Crippen molar-refractivity contribution < 1.29 is 24.1 Å². The van der Waals surface area contributed by atoms with Gasteiger partial charge in [0.05, 0.1) is 39.6 Å². The number of fused-ring (bicyclic) bond motifs is 1. The van der Waals surface area contributed by atoms with Crippen molar-refractivity contribution in [2.45, 2.75) is 30.5 Å². The van der Waals surface area contributed by atoms with Crippen LogP contribution in [0.15, 0.2) is 95.0 Å². The Bertz CT molecular complexity index is 1810. The van der Waals surface area contributed by atoms with E-state index in [1.54, 1.807) is 30.0 Å². The third kappa shape index (κ3) is 5.85. The van der Waals surface area contributed by atoms with Gasteiger partial charge in [0.25, 0.3) is 5.56 Å². The molecule has 0 bridgehead atoms. The van der Waals surface area contributed by atoms with Crippen molar-refractivity contribution in [1.82, 2.24) is 24.4 Å². The van der Waals surface area contributed by atoms with E-state index in [-0.39, 0.29) is 23.7 Å². The Balaban J connectivity index is 1.52. The normalized spacial score (nSPS) is 18.3. The molecule has 1 fully saturated rings. The number of aliphatic hydroxyl groups is 1. The second-order valence-electron chi connectivity index (χ2n) is 11.1. The van der Waals surface area contributed by atoms with Crippen molar-refractivity contribution in [2.24, 2.45) is 4.99 Å². The van der Waals surface area contributed by atoms with Gasteiger partial charge >= 0.3 is 0 Å². The van der Waals surface area contributed by atoms with Crippen LogP contribution in [0.4, 0.5) is 5.95 Å². The van der Waals surface area contributed by atoms with Crippen molar-refractivity contribution in [2.75, 3.05) is 34.9 Å². The molecule has 6 rings (SSSR count). The molecule has 238 valence electrons. The molecule has 0 saturated carbocycles. The molecule has 0 amide bonds. The highest BCUT2D eigenvalue weighted by Crippen LogP contribution is 2.46. The minimum Gasteiger partial charge on any atom is -0.497 e. The van der Waals surface area contributed by atoms with Gasteiger partial charge in [-0.05, 0) is 41.0 Å². The van der Waals surface area contributed by atoms with Gasteiger partial charge in [-0.1, -0.05) is 54.6 Å². The highest BCUT2D eigenvalue weighted by molar-refractivity contribution is 5.71. The Morgan fingerprint density at radius 2 is 1.61 bits per heavy atom. The highest BCUT2D eigenvalue weighted by atomic mass is 16.6. The number of aliphatic imine (C=N–C) groups is 1. The summed E-state index contributed by atoms with van der Waals surface area (Å²) in [5.41, 5.74) is 1.42. The van der Waals surface area contributed by atoms with Crippen LogP contribution in [0.2, 0.25) is 0 Å². The van der Waals surface area contributed by atoms with Crippen molar-refractivity contribution in [3.05, 3.63) is 112 Å². The zero-order valence-corrected chi connectivity index (χ0v) is 26.0. The average Bonchev–Trinajstić information content (AvgIpc) is 3.70. The Labute approximate surface area is 265 Å². The lowest BCUT2D eigenvalue weighted by atomic mass is 9.79. The number of aliphatic hydroxyl groups excluding tert-OH is 1. The number of nitrogens with zero attached hydrogens (tertiary/aromatic N) is 5. The van der Waals surface area contributed by atoms with Gasteiger partial charge in [-0.3, -0.25) is 14.3 Å². The van der Waals surface area contributed by atoms with E-state index in [1.807, 2.05) is 93.0 Å². The molecule has 3 atom stereocenters. The molecular formula is C34H36N6O6. The second kappa shape index (κ2) is 13.1. The van der Waals surface area contributed by atoms with Crippen molar-refractivity contribution >= 4 is 23.5 Å². The van der Waals surface area contributed by atoms with Gasteiger partial charge in [0.2, 0.25) is 5.95 Å². The van der Waals surface area contributed by atoms with Crippen LogP contribution in [0.25, 0.3) is 11.2 Å². The van der Waals surface area contributed by atoms with Crippen molar-refractivity contribution in [1.29, 1.82) is 0 Å². The fraction of sp³-hybridized carbons (Fsp3) is 0.294. The Kier molecular flexibility index (Phi) is 8.84. The van der Waals surface area contributed by atoms with E-state index in [9.17, 15) is 9.90 Å². The van der Waals surface area contributed by atoms with E-state index in [2.05, 4.69) is 19.9 Å². The molecule has 2 N–H and O–H groups in total. The number of rotatable bonds is 11. The number of methoxy groups -OCH3 is 2. The molecule has 0 spiro atoms. The number of aromatic amines is 1. The molecular weight excluding hydrogens is 588 g/mol. The van der Waals surface area contributed by atoms with Gasteiger partial charge in [0.1, 0.15) is 23.2 Å². The number of ether oxygens (including phenoxy) is 4. The van der Waals surface area contributed by atoms with Crippen molar-refractivity contribution in [3.63, 3.8) is 0 Å². The highest BCUT2D eigenvalue weighted by Gasteiger charge is 2.46. The smallest absolute Gasteiger partial charge is 0.280 e. The van der Waals surface area contributed by atoms with Gasteiger partial charge in [-0.25, -0.2) is 9.98 Å². The number of aromatic nitrogens is 4. The first-order valence-electron chi connectivity index (χ1n) is 14.8. The first-order chi connectivity index (χ1) is 22.4. The number of benzene rings is 3. The fourth-order valence-electron chi connectivity index (χ4n) is 5.77. The van der Waals surface area contributed by atoms with Gasteiger partial charge in [-0.15, -0.1) is 0 Å². The summed E-state index contributed by atoms with van der Waals surface area (Å²) in [4.78, 5) is 30.6. The summed E-state index contributed by atoms with van der Waals surface area (Å²) in [6.45, 7) is -0.223. The van der Waals surface area contributed by atoms with Crippen LogP contribution in [0.5, 0.6) is 11.5 Å². The molecule has 46 heavy (non-hydrogen) atoms. The maximum Gasteiger partial charge on any atom is 0.280 e. The first kappa shape index (κ1) is 31.0. The molecule has 0 radical (unpaired) electrons. The topological polar surface area (TPSA) is 136 Å². The van der Waals surface area contributed by atoms with E-state index in [0.29, 0.717) is 17.9 Å². The summed E-state index contributed by atoms with van der Waals surface area (Å²) < 4.78 is 26.4. The number of hydrogen-bond acceptors (Lipinski definition) is 9. The fourth-order valence-corrected chi connectivity index (χ4v) is 5.77. The average molecular weight is 625 g/mol. The second-order valence-corrected chi connectivity index (χ2v) is 11.1. The zero-order chi connectivity index (χ0) is 32.3. The third-order valence-corrected chi connectivity index (χ3v) is 7.96. The van der Waals surface area contributed by atoms with Gasteiger partial charge in [0, 0.05) is 20.5 Å². The Morgan fingerprint density at radius 3 is 2.17 bits per heavy atom. The summed E-state index contributed by atoms with van der Waals surface area (Å²) in [7, 11) is 6.89. The summed E-state index contributed by atoms with van der Waals surface area (Å²) in [5, 5.41) is 10.3.